The second-order valence-electron chi connectivity index (χ2n) is 6.90. The summed E-state index contributed by atoms with van der Waals surface area (Å²) in [6, 6.07) is 0.344. The standard InChI is InChI=1S/C16H25F3N4/c17-16(18,19)8-3-9-22-10-6-14(7-11-22)23-12-15(20-21-23)13-4-1-2-5-13/h12-14H,1-11H2. The Morgan fingerprint density at radius 3 is 2.43 bits per heavy atom. The molecule has 0 bridgehead atoms. The summed E-state index contributed by atoms with van der Waals surface area (Å²) in [6.45, 7) is 2.24. The van der Waals surface area contributed by atoms with Gasteiger partial charge in [0, 0.05) is 31.6 Å². The van der Waals surface area contributed by atoms with E-state index in [9.17, 15) is 13.2 Å². The molecule has 1 aromatic heterocycles. The van der Waals surface area contributed by atoms with E-state index in [0.29, 0.717) is 18.5 Å². The lowest BCUT2D eigenvalue weighted by Gasteiger charge is -2.31. The molecule has 1 aromatic rings. The number of halogens is 3. The molecular weight excluding hydrogens is 305 g/mol. The molecule has 0 aromatic carbocycles. The SMILES string of the molecule is FC(F)(F)CCCN1CCC(n2cc(C3CCCC3)nn2)CC1. The molecule has 0 atom stereocenters. The highest BCUT2D eigenvalue weighted by molar-refractivity contribution is 5.04. The van der Waals surface area contributed by atoms with Crippen molar-refractivity contribution in [2.24, 2.45) is 0 Å². The van der Waals surface area contributed by atoms with E-state index in [2.05, 4.69) is 21.4 Å². The molecule has 2 aliphatic rings. The lowest BCUT2D eigenvalue weighted by atomic mass is 10.0. The molecule has 0 amide bonds. The van der Waals surface area contributed by atoms with Gasteiger partial charge in [0.15, 0.2) is 0 Å². The van der Waals surface area contributed by atoms with Crippen molar-refractivity contribution >= 4 is 0 Å². The van der Waals surface area contributed by atoms with Gasteiger partial charge >= 0.3 is 6.18 Å². The minimum atomic E-state index is -4.03. The summed E-state index contributed by atoms with van der Waals surface area (Å²) in [7, 11) is 0. The third-order valence-electron chi connectivity index (χ3n) is 5.17. The first-order valence-electron chi connectivity index (χ1n) is 8.72. The maximum absolute atomic E-state index is 12.2. The van der Waals surface area contributed by atoms with Crippen molar-refractivity contribution in [1.82, 2.24) is 19.9 Å². The summed E-state index contributed by atoms with van der Waals surface area (Å²) in [4.78, 5) is 2.14. The number of hydrogen-bond donors (Lipinski definition) is 0. The minimum absolute atomic E-state index is 0.198. The molecule has 23 heavy (non-hydrogen) atoms. The number of aromatic nitrogens is 3. The first-order chi connectivity index (χ1) is 11.0. The van der Waals surface area contributed by atoms with Crippen LogP contribution in [0.5, 0.6) is 0 Å². The Hall–Kier alpha value is -1.11. The number of nitrogens with zero attached hydrogens (tertiary/aromatic N) is 4. The summed E-state index contributed by atoms with van der Waals surface area (Å²) in [5.41, 5.74) is 1.12. The quantitative estimate of drug-likeness (QED) is 0.821. The van der Waals surface area contributed by atoms with E-state index in [4.69, 9.17) is 0 Å². The normalized spacial score (nSPS) is 22.0. The third kappa shape index (κ3) is 4.68. The lowest BCUT2D eigenvalue weighted by Crippen LogP contribution is -2.35. The van der Waals surface area contributed by atoms with Crippen molar-refractivity contribution in [1.29, 1.82) is 0 Å². The van der Waals surface area contributed by atoms with Gasteiger partial charge < -0.3 is 4.90 Å². The highest BCUT2D eigenvalue weighted by atomic mass is 19.4. The Labute approximate surface area is 135 Å². The molecule has 2 heterocycles. The van der Waals surface area contributed by atoms with Gasteiger partial charge in [0.25, 0.3) is 0 Å². The molecule has 1 saturated carbocycles. The first-order valence-corrected chi connectivity index (χ1v) is 8.72. The Morgan fingerprint density at radius 1 is 1.09 bits per heavy atom. The van der Waals surface area contributed by atoms with Gasteiger partial charge in [0.05, 0.1) is 11.7 Å². The monoisotopic (exact) mass is 330 g/mol. The van der Waals surface area contributed by atoms with E-state index >= 15 is 0 Å². The van der Waals surface area contributed by atoms with Gasteiger partial charge in [-0.05, 0) is 38.6 Å². The Morgan fingerprint density at radius 2 is 1.78 bits per heavy atom. The highest BCUT2D eigenvalue weighted by Gasteiger charge is 2.28. The van der Waals surface area contributed by atoms with Crippen LogP contribution < -0.4 is 0 Å². The molecule has 0 spiro atoms. The molecule has 3 rings (SSSR count). The Balaban J connectivity index is 1.43. The molecular formula is C16H25F3N4. The molecule has 7 heteroatoms. The topological polar surface area (TPSA) is 34.0 Å². The van der Waals surface area contributed by atoms with E-state index in [1.807, 2.05) is 4.68 Å². The fourth-order valence-corrected chi connectivity index (χ4v) is 3.79. The van der Waals surface area contributed by atoms with E-state index in [-0.39, 0.29) is 6.42 Å². The van der Waals surface area contributed by atoms with E-state index in [1.54, 1.807) is 0 Å². The molecule has 0 N–H and O–H groups in total. The van der Waals surface area contributed by atoms with Gasteiger partial charge in [-0.2, -0.15) is 13.2 Å². The third-order valence-corrected chi connectivity index (χ3v) is 5.17. The summed E-state index contributed by atoms with van der Waals surface area (Å²) in [5.74, 6) is 0.575. The Kier molecular flexibility index (Phi) is 5.24. The van der Waals surface area contributed by atoms with Crippen LogP contribution in [-0.2, 0) is 0 Å². The summed E-state index contributed by atoms with van der Waals surface area (Å²) in [5, 5.41) is 8.65. The van der Waals surface area contributed by atoms with Crippen LogP contribution in [0.3, 0.4) is 0 Å². The largest absolute Gasteiger partial charge is 0.389 e. The van der Waals surface area contributed by atoms with Crippen LogP contribution in [0.25, 0.3) is 0 Å². The highest BCUT2D eigenvalue weighted by Crippen LogP contribution is 2.33. The van der Waals surface area contributed by atoms with E-state index < -0.39 is 12.6 Å². The minimum Gasteiger partial charge on any atom is -0.303 e. The van der Waals surface area contributed by atoms with Crippen molar-refractivity contribution in [3.05, 3.63) is 11.9 Å². The van der Waals surface area contributed by atoms with Gasteiger partial charge in [-0.15, -0.1) is 5.10 Å². The molecule has 130 valence electrons. The van der Waals surface area contributed by atoms with Crippen LogP contribution >= 0.6 is 0 Å². The molecule has 1 saturated heterocycles. The molecule has 1 aliphatic carbocycles. The zero-order chi connectivity index (χ0) is 16.3. The van der Waals surface area contributed by atoms with Gasteiger partial charge in [-0.25, -0.2) is 4.68 Å². The molecule has 4 nitrogen and oxygen atoms in total. The average molecular weight is 330 g/mol. The van der Waals surface area contributed by atoms with Crippen molar-refractivity contribution < 1.29 is 13.2 Å². The summed E-state index contributed by atoms with van der Waals surface area (Å²) < 4.78 is 38.5. The van der Waals surface area contributed by atoms with Crippen LogP contribution in [0.2, 0.25) is 0 Å². The number of piperidine rings is 1. The smallest absolute Gasteiger partial charge is 0.303 e. The van der Waals surface area contributed by atoms with Crippen molar-refractivity contribution in [3.8, 4) is 0 Å². The van der Waals surface area contributed by atoms with Gasteiger partial charge in [-0.3, -0.25) is 0 Å². The maximum atomic E-state index is 12.2. The van der Waals surface area contributed by atoms with Crippen LogP contribution in [0.15, 0.2) is 6.20 Å². The van der Waals surface area contributed by atoms with Crippen molar-refractivity contribution in [3.63, 3.8) is 0 Å². The van der Waals surface area contributed by atoms with E-state index in [1.165, 1.54) is 25.7 Å². The molecule has 2 fully saturated rings. The van der Waals surface area contributed by atoms with Crippen molar-refractivity contribution in [2.75, 3.05) is 19.6 Å². The fraction of sp³-hybridized carbons (Fsp3) is 0.875. The zero-order valence-electron chi connectivity index (χ0n) is 13.4. The van der Waals surface area contributed by atoms with Crippen LogP contribution in [0.4, 0.5) is 13.2 Å². The number of hydrogen-bond acceptors (Lipinski definition) is 3. The number of likely N-dealkylation sites (tertiary alicyclic amines) is 1. The van der Waals surface area contributed by atoms with Crippen LogP contribution in [-0.4, -0.2) is 45.7 Å². The number of rotatable bonds is 5. The van der Waals surface area contributed by atoms with Gasteiger partial charge in [0.1, 0.15) is 0 Å². The zero-order valence-corrected chi connectivity index (χ0v) is 13.4. The second-order valence-corrected chi connectivity index (χ2v) is 6.90. The maximum Gasteiger partial charge on any atom is 0.389 e. The second kappa shape index (κ2) is 7.20. The average Bonchev–Trinajstić information content (AvgIpc) is 3.18. The van der Waals surface area contributed by atoms with Gasteiger partial charge in [-0.1, -0.05) is 18.1 Å². The predicted octanol–water partition coefficient (Wildman–Crippen LogP) is 3.92. The molecule has 1 aliphatic heterocycles. The van der Waals surface area contributed by atoms with Gasteiger partial charge in [0.2, 0.25) is 0 Å². The fourth-order valence-electron chi connectivity index (χ4n) is 3.79. The number of alkyl halides is 3. The molecule has 0 radical (unpaired) electrons. The Bertz CT molecular complexity index is 486. The summed E-state index contributed by atoms with van der Waals surface area (Å²) in [6.07, 6.45) is 4.48. The van der Waals surface area contributed by atoms with Crippen LogP contribution in [0, 0.1) is 0 Å². The predicted molar refractivity (Wildman–Crippen MR) is 81.2 cm³/mol. The van der Waals surface area contributed by atoms with Crippen LogP contribution in [0.1, 0.15) is 69.0 Å². The lowest BCUT2D eigenvalue weighted by molar-refractivity contribution is -0.136. The van der Waals surface area contributed by atoms with Crippen molar-refractivity contribution in [2.45, 2.75) is 69.5 Å². The summed E-state index contributed by atoms with van der Waals surface area (Å²) >= 11 is 0. The first kappa shape index (κ1) is 16.7. The molecule has 0 unspecified atom stereocenters. The van der Waals surface area contributed by atoms with E-state index in [0.717, 1.165) is 31.6 Å².